The number of benzene rings is 1. The number of rotatable bonds is 5. The minimum Gasteiger partial charge on any atom is -0.345 e. The minimum atomic E-state index is 0.0537. The van der Waals surface area contributed by atoms with Gasteiger partial charge in [0.05, 0.1) is 17.4 Å². The van der Waals surface area contributed by atoms with Gasteiger partial charge in [0.2, 0.25) is 0 Å². The molecule has 0 amide bonds. The van der Waals surface area contributed by atoms with Gasteiger partial charge in [0.1, 0.15) is 0 Å². The highest BCUT2D eigenvalue weighted by atomic mass is 15.2. The fourth-order valence-corrected chi connectivity index (χ4v) is 1.89. The number of nitrogens with two attached hydrogens (primary N) is 1. The first-order chi connectivity index (χ1) is 8.53. The molecule has 2 rings (SSSR count). The Balaban J connectivity index is 2.01. The molecule has 1 heterocycles. The number of fused-ring (bicyclic) bond motifs is 1. The maximum absolute atomic E-state index is 5.78. The normalized spacial score (nSPS) is 12.5. The average Bonchev–Trinajstić information content (AvgIpc) is 2.83. The molecule has 0 saturated carbocycles. The van der Waals surface area contributed by atoms with Crippen molar-refractivity contribution >= 4 is 11.0 Å². The van der Waals surface area contributed by atoms with Crippen LogP contribution in [0.2, 0.25) is 0 Å². The zero-order valence-corrected chi connectivity index (χ0v) is 11.4. The summed E-state index contributed by atoms with van der Waals surface area (Å²) in [6, 6.07) is 6.38. The van der Waals surface area contributed by atoms with Gasteiger partial charge in [-0.3, -0.25) is 4.90 Å². The van der Waals surface area contributed by atoms with E-state index in [-0.39, 0.29) is 5.54 Å². The smallest absolute Gasteiger partial charge is 0.0931 e. The van der Waals surface area contributed by atoms with E-state index in [0.29, 0.717) is 6.54 Å². The maximum atomic E-state index is 5.78. The second-order valence-corrected chi connectivity index (χ2v) is 5.44. The number of nitrogens with zero attached hydrogens (tertiary/aromatic N) is 2. The summed E-state index contributed by atoms with van der Waals surface area (Å²) in [5.74, 6) is 0. The zero-order chi connectivity index (χ0) is 13.2. The molecule has 4 nitrogen and oxygen atoms in total. The van der Waals surface area contributed by atoms with E-state index >= 15 is 0 Å². The van der Waals surface area contributed by atoms with Crippen molar-refractivity contribution in [1.29, 1.82) is 0 Å². The second kappa shape index (κ2) is 5.08. The van der Waals surface area contributed by atoms with Gasteiger partial charge < -0.3 is 10.7 Å². The quantitative estimate of drug-likeness (QED) is 0.845. The fraction of sp³-hybridized carbons (Fsp3) is 0.500. The van der Waals surface area contributed by atoms with Crippen LogP contribution in [0.3, 0.4) is 0 Å². The summed E-state index contributed by atoms with van der Waals surface area (Å²) in [6.45, 7) is 6.02. The molecule has 0 aliphatic rings. The van der Waals surface area contributed by atoms with Gasteiger partial charge in [-0.05, 0) is 45.0 Å². The van der Waals surface area contributed by atoms with E-state index in [0.717, 1.165) is 24.0 Å². The van der Waals surface area contributed by atoms with Gasteiger partial charge in [0.25, 0.3) is 0 Å². The SMILES string of the molecule is CN(CCc1ccc2nc[nH]c2c1)C(C)(C)CN. The van der Waals surface area contributed by atoms with E-state index in [1.807, 2.05) is 0 Å². The van der Waals surface area contributed by atoms with Crippen LogP contribution in [0, 0.1) is 0 Å². The lowest BCUT2D eigenvalue weighted by molar-refractivity contribution is 0.166. The Morgan fingerprint density at radius 2 is 2.17 bits per heavy atom. The largest absolute Gasteiger partial charge is 0.345 e. The van der Waals surface area contributed by atoms with Crippen molar-refractivity contribution in [3.63, 3.8) is 0 Å². The van der Waals surface area contributed by atoms with E-state index in [1.54, 1.807) is 6.33 Å². The number of H-pyrrole nitrogens is 1. The van der Waals surface area contributed by atoms with Crippen molar-refractivity contribution in [2.24, 2.45) is 5.73 Å². The molecule has 0 unspecified atom stereocenters. The van der Waals surface area contributed by atoms with Crippen molar-refractivity contribution in [2.75, 3.05) is 20.1 Å². The summed E-state index contributed by atoms with van der Waals surface area (Å²) < 4.78 is 0. The van der Waals surface area contributed by atoms with Gasteiger partial charge in [0.15, 0.2) is 0 Å². The van der Waals surface area contributed by atoms with Crippen molar-refractivity contribution in [3.05, 3.63) is 30.1 Å². The first kappa shape index (κ1) is 13.1. The molecule has 18 heavy (non-hydrogen) atoms. The molecule has 3 N–H and O–H groups in total. The van der Waals surface area contributed by atoms with Gasteiger partial charge in [-0.25, -0.2) is 4.98 Å². The summed E-state index contributed by atoms with van der Waals surface area (Å²) in [7, 11) is 2.13. The van der Waals surface area contributed by atoms with E-state index in [9.17, 15) is 0 Å². The molecule has 0 aliphatic carbocycles. The molecule has 2 aromatic rings. The molecule has 0 radical (unpaired) electrons. The van der Waals surface area contributed by atoms with Crippen molar-refractivity contribution in [1.82, 2.24) is 14.9 Å². The first-order valence-electron chi connectivity index (χ1n) is 6.36. The number of hydrogen-bond acceptors (Lipinski definition) is 3. The highest BCUT2D eigenvalue weighted by molar-refractivity contribution is 5.75. The Labute approximate surface area is 108 Å². The molecule has 0 spiro atoms. The third-order valence-corrected chi connectivity index (χ3v) is 3.75. The molecule has 0 aliphatic heterocycles. The number of likely N-dealkylation sites (N-methyl/N-ethyl adjacent to an activating group) is 1. The van der Waals surface area contributed by atoms with E-state index in [4.69, 9.17) is 5.73 Å². The zero-order valence-electron chi connectivity index (χ0n) is 11.4. The molecule has 0 bridgehead atoms. The molecule has 98 valence electrons. The minimum absolute atomic E-state index is 0.0537. The topological polar surface area (TPSA) is 57.9 Å². The lowest BCUT2D eigenvalue weighted by Crippen LogP contribution is -2.47. The fourth-order valence-electron chi connectivity index (χ4n) is 1.89. The van der Waals surface area contributed by atoms with Crippen LogP contribution in [0.1, 0.15) is 19.4 Å². The monoisotopic (exact) mass is 246 g/mol. The van der Waals surface area contributed by atoms with Gasteiger partial charge in [-0.2, -0.15) is 0 Å². The Hall–Kier alpha value is -1.39. The Kier molecular flexibility index (Phi) is 3.68. The number of aromatic amines is 1. The standard InChI is InChI=1S/C14H22N4/c1-14(2,9-15)18(3)7-6-11-4-5-12-13(8-11)17-10-16-12/h4-5,8,10H,6-7,9,15H2,1-3H3,(H,16,17). The molecular formula is C14H22N4. The van der Waals surface area contributed by atoms with Crippen LogP contribution >= 0.6 is 0 Å². The molecule has 0 atom stereocenters. The van der Waals surface area contributed by atoms with Crippen LogP contribution in [-0.2, 0) is 6.42 Å². The summed E-state index contributed by atoms with van der Waals surface area (Å²) in [5, 5.41) is 0. The lowest BCUT2D eigenvalue weighted by Gasteiger charge is -2.34. The van der Waals surface area contributed by atoms with E-state index in [2.05, 4.69) is 54.0 Å². The van der Waals surface area contributed by atoms with Crippen LogP contribution in [-0.4, -0.2) is 40.5 Å². The number of imidazole rings is 1. The van der Waals surface area contributed by atoms with Crippen LogP contribution in [0.4, 0.5) is 0 Å². The third-order valence-electron chi connectivity index (χ3n) is 3.75. The summed E-state index contributed by atoms with van der Waals surface area (Å²) in [6.07, 6.45) is 2.76. The molecular weight excluding hydrogens is 224 g/mol. The average molecular weight is 246 g/mol. The molecule has 0 saturated heterocycles. The molecule has 1 aromatic carbocycles. The van der Waals surface area contributed by atoms with Gasteiger partial charge in [0, 0.05) is 18.6 Å². The lowest BCUT2D eigenvalue weighted by atomic mass is 10.0. The summed E-state index contributed by atoms with van der Waals surface area (Å²) in [5.41, 5.74) is 9.29. The Morgan fingerprint density at radius 1 is 1.39 bits per heavy atom. The predicted octanol–water partition coefficient (Wildman–Crippen LogP) is 1.77. The summed E-state index contributed by atoms with van der Waals surface area (Å²) in [4.78, 5) is 9.68. The van der Waals surface area contributed by atoms with Crippen LogP contribution in [0.5, 0.6) is 0 Å². The highest BCUT2D eigenvalue weighted by Gasteiger charge is 2.20. The Morgan fingerprint density at radius 3 is 2.89 bits per heavy atom. The summed E-state index contributed by atoms with van der Waals surface area (Å²) >= 11 is 0. The van der Waals surface area contributed by atoms with E-state index in [1.165, 1.54) is 5.56 Å². The van der Waals surface area contributed by atoms with Crippen molar-refractivity contribution in [3.8, 4) is 0 Å². The number of nitrogens with one attached hydrogen (secondary N) is 1. The van der Waals surface area contributed by atoms with E-state index < -0.39 is 0 Å². The van der Waals surface area contributed by atoms with Crippen LogP contribution < -0.4 is 5.73 Å². The van der Waals surface area contributed by atoms with Gasteiger partial charge in [-0.15, -0.1) is 0 Å². The van der Waals surface area contributed by atoms with Gasteiger partial charge in [-0.1, -0.05) is 6.07 Å². The van der Waals surface area contributed by atoms with Crippen molar-refractivity contribution < 1.29 is 0 Å². The van der Waals surface area contributed by atoms with Crippen LogP contribution in [0.15, 0.2) is 24.5 Å². The molecule has 0 fully saturated rings. The van der Waals surface area contributed by atoms with Crippen LogP contribution in [0.25, 0.3) is 11.0 Å². The Bertz CT molecular complexity index is 515. The first-order valence-corrected chi connectivity index (χ1v) is 6.36. The third kappa shape index (κ3) is 2.71. The maximum Gasteiger partial charge on any atom is 0.0931 e. The van der Waals surface area contributed by atoms with Gasteiger partial charge >= 0.3 is 0 Å². The number of hydrogen-bond donors (Lipinski definition) is 2. The van der Waals surface area contributed by atoms with Crippen molar-refractivity contribution in [2.45, 2.75) is 25.8 Å². The number of aromatic nitrogens is 2. The highest BCUT2D eigenvalue weighted by Crippen LogP contribution is 2.14. The molecule has 4 heteroatoms. The second-order valence-electron chi connectivity index (χ2n) is 5.44. The molecule has 1 aromatic heterocycles. The predicted molar refractivity (Wildman–Crippen MR) is 75.6 cm³/mol.